The number of hydrogen-bond acceptors (Lipinski definition) is 5. The van der Waals surface area contributed by atoms with Crippen LogP contribution < -0.4 is 10.5 Å². The number of oxazole rings is 1. The molecular weight excluding hydrogens is 332 g/mol. The second kappa shape index (κ2) is 6.14. The van der Waals surface area contributed by atoms with Gasteiger partial charge in [-0.2, -0.15) is 0 Å². The number of fused-ring (bicyclic) bond motifs is 1. The van der Waals surface area contributed by atoms with Gasteiger partial charge < -0.3 is 9.52 Å². The van der Waals surface area contributed by atoms with Crippen LogP contribution in [0.25, 0.3) is 11.1 Å². The Morgan fingerprint density at radius 2 is 1.96 bits per heavy atom. The molecule has 0 atom stereocenters. The lowest BCUT2D eigenvalue weighted by molar-refractivity contribution is 0.467. The number of rotatable bonds is 5. The lowest BCUT2D eigenvalue weighted by Crippen LogP contribution is -2.26. The molecular formula is C16H16N2O5S. The molecule has 2 N–H and O–H groups in total. The second-order valence-electron chi connectivity index (χ2n) is 5.33. The minimum atomic E-state index is -3.74. The smallest absolute Gasteiger partial charge is 0.419 e. The van der Waals surface area contributed by atoms with Crippen molar-refractivity contribution in [1.82, 2.24) is 9.29 Å². The maximum atomic E-state index is 12.3. The van der Waals surface area contributed by atoms with E-state index in [9.17, 15) is 18.3 Å². The van der Waals surface area contributed by atoms with Gasteiger partial charge in [-0.05, 0) is 30.2 Å². The van der Waals surface area contributed by atoms with Gasteiger partial charge in [0.25, 0.3) is 0 Å². The first-order valence-electron chi connectivity index (χ1n) is 7.24. The molecule has 0 fully saturated rings. The summed E-state index contributed by atoms with van der Waals surface area (Å²) in [6.07, 6.45) is 0.356. The number of aryl methyl sites for hydroxylation is 1. The van der Waals surface area contributed by atoms with Gasteiger partial charge in [-0.3, -0.25) is 4.57 Å². The molecule has 3 rings (SSSR count). The summed E-state index contributed by atoms with van der Waals surface area (Å²) in [5.41, 5.74) is 1.39. The van der Waals surface area contributed by atoms with Crippen LogP contribution in [0, 0.1) is 0 Å². The van der Waals surface area contributed by atoms with Crippen LogP contribution in [0.15, 0.2) is 56.6 Å². The third kappa shape index (κ3) is 3.06. The number of aromatic hydroxyl groups is 1. The Morgan fingerprint density at radius 1 is 1.21 bits per heavy atom. The molecule has 0 unspecified atom stereocenters. The summed E-state index contributed by atoms with van der Waals surface area (Å²) in [4.78, 5) is 11.5. The number of nitrogens with one attached hydrogen (secondary N) is 1. The van der Waals surface area contributed by atoms with Crippen molar-refractivity contribution in [3.8, 4) is 5.75 Å². The first kappa shape index (κ1) is 16.3. The van der Waals surface area contributed by atoms with Gasteiger partial charge in [0.2, 0.25) is 10.0 Å². The van der Waals surface area contributed by atoms with Crippen molar-refractivity contribution in [2.75, 3.05) is 6.54 Å². The molecule has 0 bridgehead atoms. The van der Waals surface area contributed by atoms with Crippen LogP contribution in [0.4, 0.5) is 0 Å². The molecule has 8 heteroatoms. The molecule has 0 radical (unpaired) electrons. The average Bonchev–Trinajstić information content (AvgIpc) is 2.83. The van der Waals surface area contributed by atoms with Crippen LogP contribution >= 0.6 is 0 Å². The first-order valence-corrected chi connectivity index (χ1v) is 8.73. The number of phenols is 1. The van der Waals surface area contributed by atoms with Crippen LogP contribution in [0.1, 0.15) is 5.56 Å². The summed E-state index contributed by atoms with van der Waals surface area (Å²) in [6, 6.07) is 11.0. The predicted molar refractivity (Wildman–Crippen MR) is 88.5 cm³/mol. The van der Waals surface area contributed by atoms with Crippen LogP contribution in [-0.2, 0) is 23.5 Å². The standard InChI is InChI=1S/C16H16N2O5S/c1-18-13-7-6-12(10-15(13)23-16(18)20)24(21,22)17-9-8-11-4-2-3-5-14(11)19/h2-7,10,17,19H,8-9H2,1H3. The topological polar surface area (TPSA) is 102 Å². The fourth-order valence-electron chi connectivity index (χ4n) is 2.41. The van der Waals surface area contributed by atoms with E-state index in [1.807, 2.05) is 0 Å². The molecule has 0 saturated heterocycles. The highest BCUT2D eigenvalue weighted by Crippen LogP contribution is 2.19. The first-order chi connectivity index (χ1) is 11.4. The highest BCUT2D eigenvalue weighted by molar-refractivity contribution is 7.89. The zero-order valence-electron chi connectivity index (χ0n) is 12.9. The quantitative estimate of drug-likeness (QED) is 0.725. The number of nitrogens with zero attached hydrogens (tertiary/aromatic N) is 1. The van der Waals surface area contributed by atoms with Gasteiger partial charge in [0.1, 0.15) is 5.75 Å². The molecule has 0 amide bonds. The van der Waals surface area contributed by atoms with Crippen LogP contribution in [0.2, 0.25) is 0 Å². The van der Waals surface area contributed by atoms with Crippen molar-refractivity contribution in [2.24, 2.45) is 7.05 Å². The summed E-state index contributed by atoms with van der Waals surface area (Å²) in [7, 11) is -2.19. The van der Waals surface area contributed by atoms with E-state index in [-0.39, 0.29) is 22.8 Å². The Bertz CT molecular complexity index is 1050. The molecule has 0 aliphatic carbocycles. The largest absolute Gasteiger partial charge is 0.508 e. The summed E-state index contributed by atoms with van der Waals surface area (Å²) < 4.78 is 33.5. The van der Waals surface area contributed by atoms with Crippen molar-refractivity contribution in [3.63, 3.8) is 0 Å². The number of sulfonamides is 1. The Kier molecular flexibility index (Phi) is 4.16. The van der Waals surface area contributed by atoms with Crippen molar-refractivity contribution < 1.29 is 17.9 Å². The summed E-state index contributed by atoms with van der Waals surface area (Å²) in [6.45, 7) is 0.136. The minimum absolute atomic E-state index is 0.0154. The average molecular weight is 348 g/mol. The number of aromatic nitrogens is 1. The van der Waals surface area contributed by atoms with Gasteiger partial charge in [-0.25, -0.2) is 17.9 Å². The molecule has 1 aromatic heterocycles. The molecule has 0 saturated carbocycles. The third-order valence-electron chi connectivity index (χ3n) is 3.75. The van der Waals surface area contributed by atoms with Crippen molar-refractivity contribution >= 4 is 21.1 Å². The van der Waals surface area contributed by atoms with Gasteiger partial charge in [0.05, 0.1) is 10.4 Å². The van der Waals surface area contributed by atoms with Crippen LogP contribution in [0.5, 0.6) is 5.75 Å². The Labute approximate surface area is 138 Å². The monoisotopic (exact) mass is 348 g/mol. The summed E-state index contributed by atoms with van der Waals surface area (Å²) >= 11 is 0. The van der Waals surface area contributed by atoms with E-state index in [4.69, 9.17) is 4.42 Å². The molecule has 1 heterocycles. The van der Waals surface area contributed by atoms with Crippen molar-refractivity contribution in [1.29, 1.82) is 0 Å². The Balaban J connectivity index is 1.78. The second-order valence-corrected chi connectivity index (χ2v) is 7.10. The van der Waals surface area contributed by atoms with E-state index in [0.29, 0.717) is 17.5 Å². The molecule has 24 heavy (non-hydrogen) atoms. The van der Waals surface area contributed by atoms with Crippen molar-refractivity contribution in [2.45, 2.75) is 11.3 Å². The van der Waals surface area contributed by atoms with Crippen LogP contribution in [-0.4, -0.2) is 24.6 Å². The van der Waals surface area contributed by atoms with Gasteiger partial charge in [0.15, 0.2) is 5.58 Å². The Morgan fingerprint density at radius 3 is 2.71 bits per heavy atom. The molecule has 2 aromatic carbocycles. The normalized spacial score (nSPS) is 11.9. The van der Waals surface area contributed by atoms with Crippen molar-refractivity contribution in [3.05, 3.63) is 58.6 Å². The fraction of sp³-hybridized carbons (Fsp3) is 0.188. The summed E-state index contributed by atoms with van der Waals surface area (Å²) in [5, 5.41) is 9.68. The van der Waals surface area contributed by atoms with E-state index in [2.05, 4.69) is 4.72 Å². The van der Waals surface area contributed by atoms with Gasteiger partial charge >= 0.3 is 5.76 Å². The van der Waals surface area contributed by atoms with E-state index in [1.54, 1.807) is 31.3 Å². The molecule has 126 valence electrons. The third-order valence-corrected chi connectivity index (χ3v) is 5.21. The molecule has 0 spiro atoms. The number of hydrogen-bond donors (Lipinski definition) is 2. The van der Waals surface area contributed by atoms with Gasteiger partial charge in [-0.1, -0.05) is 18.2 Å². The minimum Gasteiger partial charge on any atom is -0.508 e. The van der Waals surface area contributed by atoms with Crippen LogP contribution in [0.3, 0.4) is 0 Å². The summed E-state index contributed by atoms with van der Waals surface area (Å²) in [5.74, 6) is -0.420. The zero-order chi connectivity index (χ0) is 17.3. The fourth-order valence-corrected chi connectivity index (χ4v) is 3.45. The van der Waals surface area contributed by atoms with Gasteiger partial charge in [-0.15, -0.1) is 0 Å². The molecule has 0 aliphatic rings. The van der Waals surface area contributed by atoms with Gasteiger partial charge in [0, 0.05) is 19.7 Å². The van der Waals surface area contributed by atoms with E-state index >= 15 is 0 Å². The lowest BCUT2D eigenvalue weighted by Gasteiger charge is -2.08. The highest BCUT2D eigenvalue weighted by Gasteiger charge is 2.16. The SMILES string of the molecule is Cn1c(=O)oc2cc(S(=O)(=O)NCCc3ccccc3O)ccc21. The maximum Gasteiger partial charge on any atom is 0.419 e. The molecule has 7 nitrogen and oxygen atoms in total. The zero-order valence-corrected chi connectivity index (χ0v) is 13.7. The predicted octanol–water partition coefficient (Wildman–Crippen LogP) is 1.36. The van der Waals surface area contributed by atoms with E-state index in [1.165, 1.54) is 22.8 Å². The molecule has 0 aliphatic heterocycles. The maximum absolute atomic E-state index is 12.3. The highest BCUT2D eigenvalue weighted by atomic mass is 32.2. The van der Waals surface area contributed by atoms with E-state index < -0.39 is 15.8 Å². The Hall–Kier alpha value is -2.58. The van der Waals surface area contributed by atoms with E-state index in [0.717, 1.165) is 0 Å². The number of phenolic OH excluding ortho intramolecular Hbond substituents is 1. The molecule has 3 aromatic rings. The number of para-hydroxylation sites is 1. The number of benzene rings is 2. The lowest BCUT2D eigenvalue weighted by atomic mass is 10.1.